The first-order valence-corrected chi connectivity index (χ1v) is 10.9. The number of benzene rings is 2. The van der Waals surface area contributed by atoms with Crippen molar-refractivity contribution in [3.63, 3.8) is 0 Å². The molecule has 2 aliphatic heterocycles. The minimum Gasteiger partial charge on any atom is -0.302 e. The van der Waals surface area contributed by atoms with Gasteiger partial charge in [0.1, 0.15) is 5.78 Å². The van der Waals surface area contributed by atoms with Crippen LogP contribution in [0, 0.1) is 0 Å². The van der Waals surface area contributed by atoms with Gasteiger partial charge in [0.2, 0.25) is 0 Å². The van der Waals surface area contributed by atoms with Crippen molar-refractivity contribution in [2.24, 2.45) is 0 Å². The van der Waals surface area contributed by atoms with Gasteiger partial charge in [-0.2, -0.15) is 0 Å². The molecule has 0 amide bonds. The summed E-state index contributed by atoms with van der Waals surface area (Å²) in [6.45, 7) is 4.63. The van der Waals surface area contributed by atoms with Crippen molar-refractivity contribution in [1.29, 1.82) is 0 Å². The van der Waals surface area contributed by atoms with Gasteiger partial charge in [-0.15, -0.1) is 11.8 Å². The fourth-order valence-corrected chi connectivity index (χ4v) is 5.34. The number of nitrogens with zero attached hydrogens (tertiary/aromatic N) is 1. The SMILES string of the molecule is CC(=O)CCN1CCC(=C2c3ccccc3CSc3cc(Cl)ccc32)CC1. The first-order chi connectivity index (χ1) is 13.1. The molecular weight excluding hydrogens is 374 g/mol. The fourth-order valence-electron chi connectivity index (χ4n) is 4.01. The topological polar surface area (TPSA) is 20.3 Å². The number of hydrogen-bond acceptors (Lipinski definition) is 3. The molecule has 1 saturated heterocycles. The molecule has 0 aromatic heterocycles. The molecule has 27 heavy (non-hydrogen) atoms. The average Bonchev–Trinajstić information content (AvgIpc) is 2.83. The summed E-state index contributed by atoms with van der Waals surface area (Å²) >= 11 is 8.17. The lowest BCUT2D eigenvalue weighted by atomic mass is 9.86. The van der Waals surface area contributed by atoms with Gasteiger partial charge in [-0.3, -0.25) is 4.79 Å². The maximum atomic E-state index is 11.3. The highest BCUT2D eigenvalue weighted by Crippen LogP contribution is 2.44. The van der Waals surface area contributed by atoms with Crippen molar-refractivity contribution in [2.45, 2.75) is 36.8 Å². The summed E-state index contributed by atoms with van der Waals surface area (Å²) in [5, 5.41) is 0.801. The Labute approximate surface area is 170 Å². The third-order valence-corrected chi connectivity index (χ3v) is 6.82. The average molecular weight is 398 g/mol. The van der Waals surface area contributed by atoms with Gasteiger partial charge in [-0.1, -0.05) is 47.5 Å². The van der Waals surface area contributed by atoms with Crippen LogP contribution in [0.1, 0.15) is 42.9 Å². The molecule has 140 valence electrons. The first kappa shape index (κ1) is 18.8. The number of hydrogen-bond donors (Lipinski definition) is 0. The Balaban J connectivity index is 1.71. The Bertz CT molecular complexity index is 895. The highest BCUT2D eigenvalue weighted by molar-refractivity contribution is 7.98. The molecule has 0 bridgehead atoms. The minimum absolute atomic E-state index is 0.277. The molecule has 2 aromatic rings. The Kier molecular flexibility index (Phi) is 5.72. The zero-order chi connectivity index (χ0) is 18.8. The van der Waals surface area contributed by atoms with Crippen LogP contribution in [0.3, 0.4) is 0 Å². The molecule has 4 heteroatoms. The van der Waals surface area contributed by atoms with E-state index in [1.165, 1.54) is 32.7 Å². The van der Waals surface area contributed by atoms with E-state index in [-0.39, 0.29) is 5.78 Å². The van der Waals surface area contributed by atoms with E-state index in [9.17, 15) is 4.79 Å². The quantitative estimate of drug-likeness (QED) is 0.650. The molecule has 1 fully saturated rings. The number of piperidine rings is 1. The number of rotatable bonds is 3. The number of halogens is 1. The third kappa shape index (κ3) is 4.16. The van der Waals surface area contributed by atoms with Gasteiger partial charge in [0.15, 0.2) is 0 Å². The lowest BCUT2D eigenvalue weighted by Crippen LogP contribution is -2.32. The molecule has 0 unspecified atom stereocenters. The third-order valence-electron chi connectivity index (χ3n) is 5.48. The van der Waals surface area contributed by atoms with Gasteiger partial charge in [0, 0.05) is 41.7 Å². The van der Waals surface area contributed by atoms with E-state index >= 15 is 0 Å². The normalized spacial score (nSPS) is 17.3. The molecule has 4 rings (SSSR count). The van der Waals surface area contributed by atoms with Crippen molar-refractivity contribution in [1.82, 2.24) is 4.90 Å². The molecule has 2 aliphatic rings. The molecule has 0 radical (unpaired) electrons. The Morgan fingerprint density at radius 3 is 2.67 bits per heavy atom. The largest absolute Gasteiger partial charge is 0.302 e. The lowest BCUT2D eigenvalue weighted by molar-refractivity contribution is -0.117. The second-order valence-corrected chi connectivity index (χ2v) is 8.81. The van der Waals surface area contributed by atoms with Crippen LogP contribution in [0.15, 0.2) is 52.9 Å². The van der Waals surface area contributed by atoms with E-state index in [1.54, 1.807) is 6.92 Å². The number of fused-ring (bicyclic) bond motifs is 2. The number of likely N-dealkylation sites (tertiary alicyclic amines) is 1. The van der Waals surface area contributed by atoms with E-state index in [2.05, 4.69) is 41.3 Å². The van der Waals surface area contributed by atoms with Crippen LogP contribution in [-0.4, -0.2) is 30.3 Å². The van der Waals surface area contributed by atoms with E-state index in [0.717, 1.165) is 43.3 Å². The summed E-state index contributed by atoms with van der Waals surface area (Å²) in [6.07, 6.45) is 2.79. The number of Topliss-reactive ketones (excluding diaryl/α,β-unsaturated/α-hetero) is 1. The van der Waals surface area contributed by atoms with Crippen LogP contribution in [-0.2, 0) is 10.5 Å². The van der Waals surface area contributed by atoms with Gasteiger partial charge in [0.25, 0.3) is 0 Å². The van der Waals surface area contributed by atoms with Gasteiger partial charge >= 0.3 is 0 Å². The summed E-state index contributed by atoms with van der Waals surface area (Å²) in [5.41, 5.74) is 7.04. The highest BCUT2D eigenvalue weighted by Gasteiger charge is 2.24. The second kappa shape index (κ2) is 8.22. The predicted molar refractivity (Wildman–Crippen MR) is 114 cm³/mol. The maximum Gasteiger partial charge on any atom is 0.131 e. The summed E-state index contributed by atoms with van der Waals surface area (Å²) < 4.78 is 0. The number of carbonyl (C=O) groups excluding carboxylic acids is 1. The molecule has 2 aromatic carbocycles. The monoisotopic (exact) mass is 397 g/mol. The second-order valence-electron chi connectivity index (χ2n) is 7.36. The molecule has 0 spiro atoms. The van der Waals surface area contributed by atoms with Crippen molar-refractivity contribution in [3.05, 3.63) is 69.8 Å². The summed E-state index contributed by atoms with van der Waals surface area (Å²) in [4.78, 5) is 15.0. The number of thioether (sulfide) groups is 1. The van der Waals surface area contributed by atoms with Crippen molar-refractivity contribution >= 4 is 34.7 Å². The zero-order valence-corrected chi connectivity index (χ0v) is 17.2. The summed E-state index contributed by atoms with van der Waals surface area (Å²) in [6, 6.07) is 15.1. The first-order valence-electron chi connectivity index (χ1n) is 9.56. The Morgan fingerprint density at radius 2 is 1.89 bits per heavy atom. The molecular formula is C23H24ClNOS. The van der Waals surface area contributed by atoms with Crippen molar-refractivity contribution in [3.8, 4) is 0 Å². The van der Waals surface area contributed by atoms with E-state index in [0.29, 0.717) is 6.42 Å². The van der Waals surface area contributed by atoms with Crippen LogP contribution < -0.4 is 0 Å². The van der Waals surface area contributed by atoms with E-state index in [1.807, 2.05) is 17.8 Å². The smallest absolute Gasteiger partial charge is 0.131 e. The molecule has 0 aliphatic carbocycles. The van der Waals surface area contributed by atoms with Crippen LogP contribution in [0.4, 0.5) is 0 Å². The standard InChI is InChI=1S/C23H24ClNOS/c1-16(26)8-11-25-12-9-17(10-13-25)23-20-5-3-2-4-18(20)15-27-22-14-19(24)6-7-21(22)23/h2-7,14H,8-13,15H2,1H3. The predicted octanol–water partition coefficient (Wildman–Crippen LogP) is 5.82. The lowest BCUT2D eigenvalue weighted by Gasteiger charge is -2.30. The van der Waals surface area contributed by atoms with Crippen LogP contribution in [0.5, 0.6) is 0 Å². The van der Waals surface area contributed by atoms with Crippen LogP contribution >= 0.6 is 23.4 Å². The van der Waals surface area contributed by atoms with Gasteiger partial charge in [0.05, 0.1) is 0 Å². The van der Waals surface area contributed by atoms with E-state index in [4.69, 9.17) is 11.6 Å². The van der Waals surface area contributed by atoms with Gasteiger partial charge in [-0.05, 0) is 54.2 Å². The van der Waals surface area contributed by atoms with Crippen molar-refractivity contribution < 1.29 is 4.79 Å². The minimum atomic E-state index is 0.277. The highest BCUT2D eigenvalue weighted by atomic mass is 35.5. The van der Waals surface area contributed by atoms with Gasteiger partial charge in [-0.25, -0.2) is 0 Å². The molecule has 2 nitrogen and oxygen atoms in total. The zero-order valence-electron chi connectivity index (χ0n) is 15.6. The summed E-state index contributed by atoms with van der Waals surface area (Å²) in [7, 11) is 0. The molecule has 0 atom stereocenters. The van der Waals surface area contributed by atoms with Crippen LogP contribution in [0.2, 0.25) is 5.02 Å². The number of carbonyl (C=O) groups is 1. The van der Waals surface area contributed by atoms with Crippen molar-refractivity contribution in [2.75, 3.05) is 19.6 Å². The van der Waals surface area contributed by atoms with Gasteiger partial charge < -0.3 is 4.90 Å². The number of ketones is 1. The van der Waals surface area contributed by atoms with E-state index < -0.39 is 0 Å². The summed E-state index contributed by atoms with van der Waals surface area (Å²) in [5.74, 6) is 1.25. The molecule has 2 heterocycles. The van der Waals surface area contributed by atoms with Crippen LogP contribution in [0.25, 0.3) is 5.57 Å². The molecule has 0 N–H and O–H groups in total. The fraction of sp³-hybridized carbons (Fsp3) is 0.348. The Morgan fingerprint density at radius 1 is 1.11 bits per heavy atom. The Hall–Kier alpha value is -1.55. The molecule has 0 saturated carbocycles. The maximum absolute atomic E-state index is 11.3.